The lowest BCUT2D eigenvalue weighted by molar-refractivity contribution is -0.156. The number of carbonyl (C=O) groups is 1. The molecule has 0 saturated carbocycles. The zero-order chi connectivity index (χ0) is 81.6. The van der Waals surface area contributed by atoms with Crippen LogP contribution in [0.15, 0.2) is 244 Å². The van der Waals surface area contributed by atoms with Gasteiger partial charge in [-0.05, 0) is 188 Å². The summed E-state index contributed by atoms with van der Waals surface area (Å²) in [7, 11) is -7.59. The van der Waals surface area contributed by atoms with Gasteiger partial charge in [0.2, 0.25) is 24.5 Å². The van der Waals surface area contributed by atoms with E-state index in [1.54, 1.807) is 97.4 Å². The molecule has 6 aromatic carbocycles. The van der Waals surface area contributed by atoms with Crippen molar-refractivity contribution in [1.29, 1.82) is 15.8 Å². The number of carbonyl (C=O) groups excluding carboxylic acids is 1. The maximum atomic E-state index is 13.3. The van der Waals surface area contributed by atoms with E-state index in [9.17, 15) is 21.6 Å². The molecular formula is C86H87ClN18O9S2. The van der Waals surface area contributed by atoms with Crippen LogP contribution in [0.25, 0.3) is 33.1 Å². The van der Waals surface area contributed by atoms with Crippen molar-refractivity contribution in [3.8, 4) is 35.8 Å². The predicted octanol–water partition coefficient (Wildman–Crippen LogP) is 15.8. The Labute approximate surface area is 679 Å². The van der Waals surface area contributed by atoms with E-state index >= 15 is 0 Å². The molecule has 12 aromatic rings. The number of nitriles is 3. The van der Waals surface area contributed by atoms with E-state index in [0.717, 1.165) is 110 Å². The number of aliphatic imine (C=N–C) groups is 3. The number of nitrogens with one attached hydrogen (secondary N) is 1. The smallest absolute Gasteiger partial charge is 0.410 e. The second-order valence-corrected chi connectivity index (χ2v) is 33.1. The normalized spacial score (nSPS) is 15.9. The fourth-order valence-corrected chi connectivity index (χ4v) is 16.9. The average Bonchev–Trinajstić information content (AvgIpc) is 1.60. The Morgan fingerprint density at radius 3 is 1.41 bits per heavy atom. The zero-order valence-electron chi connectivity index (χ0n) is 64.8. The van der Waals surface area contributed by atoms with Crippen LogP contribution in [0.2, 0.25) is 5.02 Å². The number of nitrogens with zero attached hydrogens (tertiary/aromatic N) is 17. The summed E-state index contributed by atoms with van der Waals surface area (Å²) in [5, 5.41) is 30.0. The van der Waals surface area contributed by atoms with Gasteiger partial charge in [-0.1, -0.05) is 125 Å². The van der Waals surface area contributed by atoms with E-state index in [-0.39, 0.29) is 33.7 Å². The summed E-state index contributed by atoms with van der Waals surface area (Å²) in [6.45, 7) is 14.2. The van der Waals surface area contributed by atoms with E-state index < -0.39 is 25.6 Å². The van der Waals surface area contributed by atoms with E-state index in [2.05, 4.69) is 64.6 Å². The second-order valence-electron chi connectivity index (χ2n) is 29.1. The molecule has 3 fully saturated rings. The van der Waals surface area contributed by atoms with Crippen molar-refractivity contribution in [2.24, 2.45) is 32.7 Å². The number of hydrogen-bond donors (Lipinski definition) is 1. The summed E-state index contributed by atoms with van der Waals surface area (Å²) < 4.78 is 77.6. The number of ether oxygens (including phenoxy) is 4. The lowest BCUT2D eigenvalue weighted by atomic mass is 9.90. The Morgan fingerprint density at radius 1 is 0.509 bits per heavy atom. The first kappa shape index (κ1) is 82.6. The first-order valence-corrected chi connectivity index (χ1v) is 41.2. The van der Waals surface area contributed by atoms with E-state index in [1.165, 1.54) is 33.0 Å². The lowest BCUT2D eigenvalue weighted by Crippen LogP contribution is -2.37. The number of benzene rings is 6. The molecule has 30 heteroatoms. The minimum Gasteiger partial charge on any atom is -0.460 e. The van der Waals surface area contributed by atoms with Crippen molar-refractivity contribution in [2.75, 3.05) is 54.0 Å². The van der Waals surface area contributed by atoms with Gasteiger partial charge in [0.25, 0.3) is 20.0 Å². The number of anilines is 3. The van der Waals surface area contributed by atoms with Gasteiger partial charge in [0.1, 0.15) is 64.9 Å². The number of hydrogen-bond acceptors (Lipinski definition) is 24. The molecule has 0 aliphatic carbocycles. The van der Waals surface area contributed by atoms with Gasteiger partial charge in [-0.15, -0.1) is 4.99 Å². The van der Waals surface area contributed by atoms with Crippen LogP contribution in [-0.2, 0) is 36.0 Å². The molecule has 0 bridgehead atoms. The average molecular weight is 1620 g/mol. The fraction of sp³-hybridized carbons (Fsp3) is 0.291. The fourth-order valence-electron chi connectivity index (χ4n) is 14.1. The third-order valence-corrected chi connectivity index (χ3v) is 23.1. The number of aromatic amines is 1. The van der Waals surface area contributed by atoms with Crippen molar-refractivity contribution in [3.63, 3.8) is 0 Å². The maximum Gasteiger partial charge on any atom is 0.410 e. The summed E-state index contributed by atoms with van der Waals surface area (Å²) >= 11 is 6.30. The van der Waals surface area contributed by atoms with Crippen molar-refractivity contribution < 1.29 is 40.6 Å². The summed E-state index contributed by atoms with van der Waals surface area (Å²) in [5.74, 6) is 5.05. The number of aromatic nitrogens is 9. The van der Waals surface area contributed by atoms with Gasteiger partial charge in [0, 0.05) is 81.4 Å². The Bertz CT molecular complexity index is 5780. The van der Waals surface area contributed by atoms with Gasteiger partial charge in [-0.3, -0.25) is 4.79 Å². The number of aryl methyl sites for hydroxylation is 2. The van der Waals surface area contributed by atoms with Crippen LogP contribution >= 0.6 is 11.6 Å². The van der Waals surface area contributed by atoms with Gasteiger partial charge < -0.3 is 38.6 Å². The third kappa shape index (κ3) is 21.7. The van der Waals surface area contributed by atoms with Gasteiger partial charge >= 0.3 is 12.1 Å². The molecule has 0 radical (unpaired) electrons. The minimum atomic E-state index is -3.80. The van der Waals surface area contributed by atoms with Crippen LogP contribution in [0, 0.1) is 66.0 Å². The molecule has 0 spiro atoms. The Kier molecular flexibility index (Phi) is 27.6. The molecule has 3 atom stereocenters. The van der Waals surface area contributed by atoms with E-state index in [4.69, 9.17) is 46.3 Å². The molecule has 3 aliphatic heterocycles. The Balaban J connectivity index is 0.000000146. The number of H-pyrrole nitrogens is 1. The van der Waals surface area contributed by atoms with Crippen LogP contribution in [-0.4, -0.2) is 128 Å². The molecule has 9 heterocycles. The number of para-hydroxylation sites is 3. The van der Waals surface area contributed by atoms with Crippen LogP contribution in [0.4, 0.5) is 17.5 Å². The summed E-state index contributed by atoms with van der Waals surface area (Å²) in [6.07, 6.45) is 22.9. The standard InChI is InChI=1S/C27H26N6O3S.C24H30N4O4S.C21H21ClN6.C14H10N2O2/c1-20-9-11-23(12-10-20)37(34,35)33-15-13-24-26(30-19-31-27(24)33)32-14-5-6-21(17-32)16-25(29-18-28)36-22-7-3-2-4-8-22;1-17-7-9-19(10-8-17)33(30,31)28-13-11-20-22(25-16-26-23(20)28)27-12-5-6-18(15-27)14-21(29)32-24(2,3)4;22-19-6-2-1-5-16(19)11-17(25-13-23)10-15-4-3-9-28(12-15)21-18-7-8-24-20(18)26-14-27-21;15-11-16-14(17-12-7-3-1-4-8-12)18-13-9-5-2-6-10-13/h2-4,7-13,15,19,21H,5-6,14,16-17H2,1H3;7-11,13,16,18H,5-6,12,14-15H2,1-4H3;1-2,5-8,14-15H,3-4,9-12H2,(H,24,26,27);1-10H. The van der Waals surface area contributed by atoms with Crippen molar-refractivity contribution in [1.82, 2.24) is 42.8 Å². The third-order valence-electron chi connectivity index (χ3n) is 19.4. The highest BCUT2D eigenvalue weighted by atomic mass is 35.5. The van der Waals surface area contributed by atoms with E-state index in [0.29, 0.717) is 100 Å². The highest BCUT2D eigenvalue weighted by Crippen LogP contribution is 2.35. The molecule has 15 rings (SSSR count). The zero-order valence-corrected chi connectivity index (χ0v) is 67.2. The van der Waals surface area contributed by atoms with Crippen molar-refractivity contribution in [2.45, 2.75) is 114 Å². The summed E-state index contributed by atoms with van der Waals surface area (Å²) in [5.41, 5.74) is 4.90. The first-order chi connectivity index (χ1) is 56.1. The van der Waals surface area contributed by atoms with Gasteiger partial charge in [0.05, 0.1) is 32.4 Å². The van der Waals surface area contributed by atoms with E-state index in [1.807, 2.05) is 150 Å². The van der Waals surface area contributed by atoms with Gasteiger partial charge in [0.15, 0.2) is 11.3 Å². The minimum absolute atomic E-state index is 0.102. The topological polar surface area (TPSA) is 343 Å². The molecule has 3 unspecified atom stereocenters. The van der Waals surface area contributed by atoms with Crippen LogP contribution in [0.5, 0.6) is 17.2 Å². The molecule has 116 heavy (non-hydrogen) atoms. The molecule has 3 aliphatic rings. The van der Waals surface area contributed by atoms with Crippen LogP contribution < -0.4 is 28.9 Å². The monoisotopic (exact) mass is 1610 g/mol. The molecule has 1 N–H and O–H groups in total. The lowest BCUT2D eigenvalue weighted by Gasteiger charge is -2.34. The van der Waals surface area contributed by atoms with Gasteiger partial charge in [-0.2, -0.15) is 20.8 Å². The molecule has 27 nitrogen and oxygen atoms in total. The molecular weight excluding hydrogens is 1530 g/mol. The summed E-state index contributed by atoms with van der Waals surface area (Å²) in [4.78, 5) is 60.4. The largest absolute Gasteiger partial charge is 0.460 e. The van der Waals surface area contributed by atoms with Crippen LogP contribution in [0.1, 0.15) is 95.2 Å². The highest BCUT2D eigenvalue weighted by molar-refractivity contribution is 7.90. The molecule has 3 saturated heterocycles. The van der Waals surface area contributed by atoms with Crippen molar-refractivity contribution in [3.05, 3.63) is 241 Å². The quantitative estimate of drug-likeness (QED) is 0.0361. The predicted molar refractivity (Wildman–Crippen MR) is 446 cm³/mol. The highest BCUT2D eigenvalue weighted by Gasteiger charge is 2.32. The van der Waals surface area contributed by atoms with Crippen LogP contribution in [0.3, 0.4) is 0 Å². The van der Waals surface area contributed by atoms with Crippen molar-refractivity contribution >= 4 is 106 Å². The molecule has 594 valence electrons. The number of rotatable bonds is 18. The number of esters is 1. The van der Waals surface area contributed by atoms with Gasteiger partial charge in [-0.25, -0.2) is 54.7 Å². The Morgan fingerprint density at radius 2 is 0.940 bits per heavy atom. The SMILES string of the molecule is Cc1ccc(S(=O)(=O)n2ccc3c(N4CCCC(CC(=NC#N)Oc5ccccc5)C4)ncnc32)cc1.Cc1ccc(S(=O)(=O)n2ccc3c(N4CCCC(CC(=O)OC(C)(C)C)C4)ncnc32)cc1.N#CN=C(Cc1ccccc1Cl)CC1CCCN(c2ncnc3[nH]ccc23)C1.N#CN=C(Oc1ccccc1)Oc1ccccc1. The number of piperidine rings is 3. The Hall–Kier alpha value is -12.9. The molecule has 6 aromatic heterocycles. The number of fused-ring (bicyclic) bond motifs is 3. The number of halogens is 1. The molecule has 0 amide bonds. The maximum absolute atomic E-state index is 13.3. The first-order valence-electron chi connectivity index (χ1n) is 38.0. The second kappa shape index (κ2) is 38.8. The summed E-state index contributed by atoms with van der Waals surface area (Å²) in [6, 6.07) is 54.1.